The molecule has 1 fully saturated rings. The first-order valence-corrected chi connectivity index (χ1v) is 3.46. The molecule has 0 spiro atoms. The van der Waals surface area contributed by atoms with E-state index >= 15 is 0 Å². The van der Waals surface area contributed by atoms with Gasteiger partial charge in [-0.25, -0.2) is 0 Å². The molecule has 1 heterocycles. The van der Waals surface area contributed by atoms with Gasteiger partial charge >= 0.3 is 0 Å². The Kier molecular flexibility index (Phi) is 1.49. The Labute approximate surface area is 51.9 Å². The number of nitrogens with two attached hydrogens (primary N) is 1. The Morgan fingerprint density at radius 2 is 2.25 bits per heavy atom. The van der Waals surface area contributed by atoms with Gasteiger partial charge < -0.3 is 15.9 Å². The molecule has 48 valence electrons. The van der Waals surface area contributed by atoms with Crippen LogP contribution in [0.15, 0.2) is 0 Å². The van der Waals surface area contributed by atoms with Crippen molar-refractivity contribution >= 4 is 11.8 Å². The fourth-order valence-corrected chi connectivity index (χ4v) is 1.64. The van der Waals surface area contributed by atoms with E-state index in [1.54, 1.807) is 0 Å². The highest BCUT2D eigenvalue weighted by Crippen LogP contribution is 2.31. The molecule has 0 aliphatic carbocycles. The smallest absolute Gasteiger partial charge is 0.228 e. The molecule has 0 bridgehead atoms. The molecule has 4 heteroatoms. The zero-order chi connectivity index (χ0) is 6.20. The normalized spacial score (nSPS) is 35.6. The summed E-state index contributed by atoms with van der Waals surface area (Å²) >= 11 is 1.09. The highest BCUT2D eigenvalue weighted by atomic mass is 32.2. The van der Waals surface area contributed by atoms with Crippen molar-refractivity contribution in [3.8, 4) is 0 Å². The van der Waals surface area contributed by atoms with E-state index in [-0.39, 0.29) is 0 Å². The van der Waals surface area contributed by atoms with Crippen LogP contribution in [0.25, 0.3) is 0 Å². The molecule has 0 amide bonds. The van der Waals surface area contributed by atoms with Gasteiger partial charge in [0.2, 0.25) is 5.12 Å². The number of hydrogen-bond donors (Lipinski definition) is 3. The van der Waals surface area contributed by atoms with Gasteiger partial charge in [0.25, 0.3) is 0 Å². The zero-order valence-corrected chi connectivity index (χ0v) is 5.19. The second-order valence-electron chi connectivity index (χ2n) is 1.90. The maximum Gasteiger partial charge on any atom is 0.228 e. The molecular weight excluding hydrogens is 126 g/mol. The lowest BCUT2D eigenvalue weighted by atomic mass is 10.2. The van der Waals surface area contributed by atoms with Crippen molar-refractivity contribution in [2.75, 3.05) is 5.75 Å². The lowest BCUT2D eigenvalue weighted by Crippen LogP contribution is -2.40. The standard InChI is InChI=1S/C4H9NO2S/c5-3-1-2-8-4(3,6)7/h3,6-7H,1-2,5H2/t3-/m0/s1. The lowest BCUT2D eigenvalue weighted by Gasteiger charge is -2.17. The van der Waals surface area contributed by atoms with Crippen LogP contribution in [0.4, 0.5) is 0 Å². The van der Waals surface area contributed by atoms with E-state index in [1.165, 1.54) is 0 Å². The molecule has 0 aromatic heterocycles. The van der Waals surface area contributed by atoms with Crippen LogP contribution >= 0.6 is 11.8 Å². The Morgan fingerprint density at radius 3 is 2.38 bits per heavy atom. The fraction of sp³-hybridized carbons (Fsp3) is 1.00. The van der Waals surface area contributed by atoms with Crippen molar-refractivity contribution in [3.05, 3.63) is 0 Å². The fourth-order valence-electron chi connectivity index (χ4n) is 0.631. The number of rotatable bonds is 0. The van der Waals surface area contributed by atoms with Crippen molar-refractivity contribution in [3.63, 3.8) is 0 Å². The predicted octanol–water partition coefficient (Wildman–Crippen LogP) is -0.911. The first-order chi connectivity index (χ1) is 3.63. The summed E-state index contributed by atoms with van der Waals surface area (Å²) in [5.74, 6) is 0.744. The van der Waals surface area contributed by atoms with E-state index in [2.05, 4.69) is 0 Å². The van der Waals surface area contributed by atoms with Crippen molar-refractivity contribution in [1.82, 2.24) is 0 Å². The summed E-state index contributed by atoms with van der Waals surface area (Å²) in [6, 6.07) is -0.465. The Bertz CT molecular complexity index is 96.0. The lowest BCUT2D eigenvalue weighted by molar-refractivity contribution is -0.0880. The molecule has 0 radical (unpaired) electrons. The topological polar surface area (TPSA) is 66.5 Å². The van der Waals surface area contributed by atoms with Gasteiger partial charge in [-0.15, -0.1) is 0 Å². The number of hydrogen-bond acceptors (Lipinski definition) is 4. The van der Waals surface area contributed by atoms with E-state index in [0.717, 1.165) is 17.5 Å². The summed E-state index contributed by atoms with van der Waals surface area (Å²) < 4.78 is 0. The molecule has 1 aliphatic heterocycles. The Morgan fingerprint density at radius 1 is 1.62 bits per heavy atom. The summed E-state index contributed by atoms with van der Waals surface area (Å²) in [5.41, 5.74) is 5.29. The van der Waals surface area contributed by atoms with Crippen LogP contribution in [0.1, 0.15) is 6.42 Å². The van der Waals surface area contributed by atoms with E-state index in [0.29, 0.717) is 6.42 Å². The second-order valence-corrected chi connectivity index (χ2v) is 3.20. The maximum atomic E-state index is 8.86. The minimum Gasteiger partial charge on any atom is -0.356 e. The largest absolute Gasteiger partial charge is 0.356 e. The summed E-state index contributed by atoms with van der Waals surface area (Å²) in [6.07, 6.45) is 0.692. The summed E-state index contributed by atoms with van der Waals surface area (Å²) in [7, 11) is 0. The average molecular weight is 135 g/mol. The second kappa shape index (κ2) is 1.88. The molecule has 4 N–H and O–H groups in total. The third-order valence-electron chi connectivity index (χ3n) is 1.23. The molecule has 8 heavy (non-hydrogen) atoms. The minimum atomic E-state index is -1.65. The average Bonchev–Trinajstić information content (AvgIpc) is 1.86. The number of thioether (sulfide) groups is 1. The molecule has 1 aliphatic rings. The molecule has 0 aromatic carbocycles. The molecule has 0 aromatic rings. The molecular formula is C4H9NO2S. The molecule has 0 saturated carbocycles. The summed E-state index contributed by atoms with van der Waals surface area (Å²) in [6.45, 7) is 0. The summed E-state index contributed by atoms with van der Waals surface area (Å²) in [4.78, 5) is 0. The van der Waals surface area contributed by atoms with Crippen molar-refractivity contribution < 1.29 is 10.2 Å². The number of aliphatic hydroxyl groups is 2. The summed E-state index contributed by atoms with van der Waals surface area (Å²) in [5, 5.41) is 16.1. The van der Waals surface area contributed by atoms with Gasteiger partial charge in [-0.1, -0.05) is 11.8 Å². The maximum absolute atomic E-state index is 8.86. The third-order valence-corrected chi connectivity index (χ3v) is 2.39. The van der Waals surface area contributed by atoms with Gasteiger partial charge in [-0.05, 0) is 6.42 Å². The first-order valence-electron chi connectivity index (χ1n) is 2.47. The zero-order valence-electron chi connectivity index (χ0n) is 4.37. The van der Waals surface area contributed by atoms with Gasteiger partial charge in [-0.2, -0.15) is 0 Å². The van der Waals surface area contributed by atoms with Gasteiger partial charge in [0.05, 0.1) is 6.04 Å². The van der Waals surface area contributed by atoms with Gasteiger partial charge in [-0.3, -0.25) is 0 Å². The van der Waals surface area contributed by atoms with Gasteiger partial charge in [0.15, 0.2) is 0 Å². The highest BCUT2D eigenvalue weighted by Gasteiger charge is 2.37. The predicted molar refractivity (Wildman–Crippen MR) is 32.2 cm³/mol. The molecule has 1 atom stereocenters. The van der Waals surface area contributed by atoms with Crippen LogP contribution < -0.4 is 5.73 Å². The van der Waals surface area contributed by atoms with Crippen molar-refractivity contribution in [2.45, 2.75) is 17.6 Å². The molecule has 3 nitrogen and oxygen atoms in total. The quantitative estimate of drug-likeness (QED) is 0.376. The van der Waals surface area contributed by atoms with Crippen molar-refractivity contribution in [2.24, 2.45) is 5.73 Å². The van der Waals surface area contributed by atoms with E-state index < -0.39 is 11.2 Å². The monoisotopic (exact) mass is 135 g/mol. The third kappa shape index (κ3) is 0.974. The Hall–Kier alpha value is 0.230. The Balaban J connectivity index is 2.54. The van der Waals surface area contributed by atoms with E-state index in [1.807, 2.05) is 0 Å². The molecule has 1 rings (SSSR count). The highest BCUT2D eigenvalue weighted by molar-refractivity contribution is 8.00. The minimum absolute atomic E-state index is 0.465. The molecule has 1 saturated heterocycles. The van der Waals surface area contributed by atoms with Crippen LogP contribution in [0.2, 0.25) is 0 Å². The van der Waals surface area contributed by atoms with Crippen LogP contribution in [0.3, 0.4) is 0 Å². The van der Waals surface area contributed by atoms with Gasteiger partial charge in [0.1, 0.15) is 0 Å². The first kappa shape index (κ1) is 6.35. The SMILES string of the molecule is N[C@H]1CCSC1(O)O. The van der Waals surface area contributed by atoms with Crippen LogP contribution in [-0.2, 0) is 0 Å². The van der Waals surface area contributed by atoms with Gasteiger partial charge in [0, 0.05) is 5.75 Å². The van der Waals surface area contributed by atoms with E-state index in [9.17, 15) is 0 Å². The van der Waals surface area contributed by atoms with Crippen LogP contribution in [-0.4, -0.2) is 27.1 Å². The van der Waals surface area contributed by atoms with Crippen LogP contribution in [0.5, 0.6) is 0 Å². The van der Waals surface area contributed by atoms with E-state index in [4.69, 9.17) is 15.9 Å². The van der Waals surface area contributed by atoms with Crippen molar-refractivity contribution in [1.29, 1.82) is 0 Å². The molecule has 0 unspecified atom stereocenters. The van der Waals surface area contributed by atoms with Crippen LogP contribution in [0, 0.1) is 0 Å².